The van der Waals surface area contributed by atoms with Crippen molar-refractivity contribution in [3.05, 3.63) is 65.9 Å². The van der Waals surface area contributed by atoms with Crippen LogP contribution in [-0.4, -0.2) is 44.2 Å². The third kappa shape index (κ3) is 3.04. The number of pyridine rings is 3. The number of hydrogen-bond acceptors (Lipinski definition) is 6. The van der Waals surface area contributed by atoms with Gasteiger partial charge in [0.2, 0.25) is 0 Å². The first-order valence-corrected chi connectivity index (χ1v) is 11.1. The minimum absolute atomic E-state index is 0.746. The molecule has 8 heteroatoms. The lowest BCUT2D eigenvalue weighted by atomic mass is 10.1. The summed E-state index contributed by atoms with van der Waals surface area (Å²) in [5.41, 5.74) is 8.67. The van der Waals surface area contributed by atoms with Crippen LogP contribution >= 0.6 is 11.3 Å². The van der Waals surface area contributed by atoms with Crippen molar-refractivity contribution in [1.29, 1.82) is 0 Å². The third-order valence-corrected chi connectivity index (χ3v) is 6.27. The summed E-state index contributed by atoms with van der Waals surface area (Å²) < 4.78 is 0. The molecular formula is C24H19N7S. The largest absolute Gasteiger partial charge is 0.376 e. The lowest BCUT2D eigenvalue weighted by molar-refractivity contribution is 1.10. The number of aromatic nitrogens is 6. The van der Waals surface area contributed by atoms with Gasteiger partial charge in [0.15, 0.2) is 5.65 Å². The Morgan fingerprint density at radius 1 is 0.875 bits per heavy atom. The quantitative estimate of drug-likeness (QED) is 0.388. The lowest BCUT2D eigenvalue weighted by Gasteiger charge is -2.12. The van der Waals surface area contributed by atoms with Crippen molar-refractivity contribution in [2.75, 3.05) is 19.0 Å². The van der Waals surface area contributed by atoms with E-state index in [0.717, 1.165) is 61.4 Å². The Bertz CT molecular complexity index is 1560. The average Bonchev–Trinajstić information content (AvgIpc) is 3.57. The van der Waals surface area contributed by atoms with Crippen LogP contribution in [0.4, 0.5) is 5.69 Å². The van der Waals surface area contributed by atoms with Gasteiger partial charge in [-0.3, -0.25) is 15.1 Å². The fraction of sp³-hybridized carbons (Fsp3) is 0.0833. The molecule has 6 heterocycles. The van der Waals surface area contributed by atoms with Crippen LogP contribution in [-0.2, 0) is 0 Å². The third-order valence-electron chi connectivity index (χ3n) is 5.59. The van der Waals surface area contributed by atoms with E-state index in [9.17, 15) is 0 Å². The molecule has 0 aliphatic rings. The first-order chi connectivity index (χ1) is 15.7. The van der Waals surface area contributed by atoms with Gasteiger partial charge in [-0.1, -0.05) is 0 Å². The monoisotopic (exact) mass is 437 g/mol. The van der Waals surface area contributed by atoms with E-state index >= 15 is 0 Å². The van der Waals surface area contributed by atoms with Crippen molar-refractivity contribution < 1.29 is 0 Å². The number of anilines is 1. The van der Waals surface area contributed by atoms with Crippen molar-refractivity contribution in [3.8, 4) is 33.8 Å². The number of rotatable bonds is 4. The minimum atomic E-state index is 0.746. The summed E-state index contributed by atoms with van der Waals surface area (Å²) in [6, 6.07) is 10.4. The van der Waals surface area contributed by atoms with Gasteiger partial charge in [0.25, 0.3) is 0 Å². The van der Waals surface area contributed by atoms with Gasteiger partial charge in [-0.2, -0.15) is 16.4 Å². The maximum Gasteiger partial charge on any atom is 0.155 e. The van der Waals surface area contributed by atoms with Gasteiger partial charge >= 0.3 is 0 Å². The summed E-state index contributed by atoms with van der Waals surface area (Å²) in [6.07, 6.45) is 7.40. The van der Waals surface area contributed by atoms with Gasteiger partial charge in [-0.05, 0) is 35.7 Å². The summed E-state index contributed by atoms with van der Waals surface area (Å²) >= 11 is 1.67. The van der Waals surface area contributed by atoms with Crippen LogP contribution in [0.15, 0.2) is 65.9 Å². The molecular weight excluding hydrogens is 418 g/mol. The Balaban J connectivity index is 1.49. The van der Waals surface area contributed by atoms with Gasteiger partial charge in [-0.25, -0.2) is 4.98 Å². The fourth-order valence-corrected chi connectivity index (χ4v) is 4.55. The highest BCUT2D eigenvalue weighted by Gasteiger charge is 2.16. The van der Waals surface area contributed by atoms with Gasteiger partial charge < -0.3 is 9.88 Å². The summed E-state index contributed by atoms with van der Waals surface area (Å²) in [5, 5.41) is 13.8. The Morgan fingerprint density at radius 2 is 1.78 bits per heavy atom. The van der Waals surface area contributed by atoms with Gasteiger partial charge in [0.1, 0.15) is 5.69 Å². The minimum Gasteiger partial charge on any atom is -0.376 e. The zero-order valence-electron chi connectivity index (χ0n) is 17.5. The predicted octanol–water partition coefficient (Wildman–Crippen LogP) is 5.36. The smallest absolute Gasteiger partial charge is 0.155 e. The molecule has 0 spiro atoms. The second kappa shape index (κ2) is 7.28. The second-order valence-electron chi connectivity index (χ2n) is 7.83. The zero-order chi connectivity index (χ0) is 21.7. The molecule has 0 unspecified atom stereocenters. The normalized spacial score (nSPS) is 11.4. The molecule has 0 aromatic carbocycles. The number of nitrogens with zero attached hydrogens (tertiary/aromatic N) is 5. The number of aromatic amines is 2. The molecule has 6 aromatic rings. The Kier molecular flexibility index (Phi) is 4.26. The Labute approximate surface area is 187 Å². The molecule has 0 saturated carbocycles. The van der Waals surface area contributed by atoms with Crippen molar-refractivity contribution in [1.82, 2.24) is 30.1 Å². The molecule has 2 N–H and O–H groups in total. The van der Waals surface area contributed by atoms with Crippen molar-refractivity contribution in [3.63, 3.8) is 0 Å². The first kappa shape index (κ1) is 18.7. The van der Waals surface area contributed by atoms with E-state index in [1.165, 1.54) is 0 Å². The number of thiophene rings is 1. The van der Waals surface area contributed by atoms with Crippen LogP contribution in [0.1, 0.15) is 0 Å². The Morgan fingerprint density at radius 3 is 2.62 bits per heavy atom. The topological polar surface area (TPSA) is 86.4 Å². The standard InChI is InChI=1S/C24H19N7S/c1-31(2)17-7-15(10-25-12-17)16-8-19-23(29-30-24(19)27-11-16)21-9-18-20(28-21)3-5-26-22(18)14-4-6-32-13-14/h3-13,28H,1-2H3,(H,27,29,30). The molecule has 6 aromatic heterocycles. The van der Waals surface area contributed by atoms with Crippen molar-refractivity contribution >= 4 is 39.0 Å². The van der Waals surface area contributed by atoms with Crippen LogP contribution < -0.4 is 4.90 Å². The molecule has 0 atom stereocenters. The molecule has 0 radical (unpaired) electrons. The maximum atomic E-state index is 4.62. The first-order valence-electron chi connectivity index (χ1n) is 10.1. The van der Waals surface area contributed by atoms with Crippen LogP contribution in [0.5, 0.6) is 0 Å². The number of nitrogens with one attached hydrogen (secondary N) is 2. The number of fused-ring (bicyclic) bond motifs is 2. The van der Waals surface area contributed by atoms with E-state index < -0.39 is 0 Å². The van der Waals surface area contributed by atoms with E-state index in [1.807, 2.05) is 49.8 Å². The number of hydrogen-bond donors (Lipinski definition) is 2. The zero-order valence-corrected chi connectivity index (χ0v) is 18.3. The molecule has 0 fully saturated rings. The van der Waals surface area contributed by atoms with Gasteiger partial charge in [0, 0.05) is 71.0 Å². The highest BCUT2D eigenvalue weighted by atomic mass is 32.1. The van der Waals surface area contributed by atoms with Crippen LogP contribution in [0.25, 0.3) is 55.7 Å². The molecule has 0 amide bonds. The van der Waals surface area contributed by atoms with E-state index in [1.54, 1.807) is 11.3 Å². The molecule has 156 valence electrons. The molecule has 0 bridgehead atoms. The summed E-state index contributed by atoms with van der Waals surface area (Å²) in [4.78, 5) is 19.2. The molecule has 0 saturated heterocycles. The van der Waals surface area contributed by atoms with Crippen LogP contribution in [0.3, 0.4) is 0 Å². The predicted molar refractivity (Wildman–Crippen MR) is 130 cm³/mol. The summed E-state index contributed by atoms with van der Waals surface area (Å²) in [6.45, 7) is 0. The van der Waals surface area contributed by atoms with E-state index in [2.05, 4.69) is 65.2 Å². The molecule has 6 rings (SSSR count). The lowest BCUT2D eigenvalue weighted by Crippen LogP contribution is -2.08. The molecule has 7 nitrogen and oxygen atoms in total. The summed E-state index contributed by atoms with van der Waals surface area (Å²) in [7, 11) is 4.01. The summed E-state index contributed by atoms with van der Waals surface area (Å²) in [5.74, 6) is 0. The molecule has 0 aliphatic heterocycles. The molecule has 0 aliphatic carbocycles. The highest BCUT2D eigenvalue weighted by Crippen LogP contribution is 2.34. The highest BCUT2D eigenvalue weighted by molar-refractivity contribution is 7.08. The van der Waals surface area contributed by atoms with Gasteiger partial charge in [0.05, 0.1) is 23.3 Å². The fourth-order valence-electron chi connectivity index (χ4n) is 3.91. The van der Waals surface area contributed by atoms with Gasteiger partial charge in [-0.15, -0.1) is 0 Å². The average molecular weight is 438 g/mol. The van der Waals surface area contributed by atoms with E-state index in [0.29, 0.717) is 0 Å². The Hall–Kier alpha value is -4.04. The van der Waals surface area contributed by atoms with Crippen molar-refractivity contribution in [2.45, 2.75) is 0 Å². The second-order valence-corrected chi connectivity index (χ2v) is 8.61. The van der Waals surface area contributed by atoms with Crippen LogP contribution in [0.2, 0.25) is 0 Å². The van der Waals surface area contributed by atoms with Crippen molar-refractivity contribution in [2.24, 2.45) is 0 Å². The number of H-pyrrole nitrogens is 2. The SMILES string of the molecule is CN(C)c1cncc(-c2cnc3[nH]nc(-c4cc5c(-c6ccsc6)nccc5[nH]4)c3c2)c1. The van der Waals surface area contributed by atoms with Crippen LogP contribution in [0, 0.1) is 0 Å². The maximum absolute atomic E-state index is 4.62. The van der Waals surface area contributed by atoms with E-state index in [4.69, 9.17) is 0 Å². The van der Waals surface area contributed by atoms with E-state index in [-0.39, 0.29) is 0 Å². The molecule has 32 heavy (non-hydrogen) atoms.